The Morgan fingerprint density at radius 1 is 1.11 bits per heavy atom. The molecule has 184 valence electrons. The van der Waals surface area contributed by atoms with Gasteiger partial charge in [-0.25, -0.2) is 9.97 Å². The SMILES string of the molecule is COc1cc(C(=N)c2c(N)ncnc2NC2CCNCC2)ccc1NC(=O)c1ccc2cc[nH]c2c1. The Balaban J connectivity index is 1.39. The van der Waals surface area contributed by atoms with Crippen molar-refractivity contribution in [2.75, 3.05) is 36.6 Å². The highest BCUT2D eigenvalue weighted by molar-refractivity contribution is 6.16. The number of hydrogen-bond donors (Lipinski definition) is 6. The normalized spacial score (nSPS) is 13.9. The van der Waals surface area contributed by atoms with Crippen molar-refractivity contribution in [1.82, 2.24) is 20.3 Å². The topological polar surface area (TPSA) is 154 Å². The average molecular weight is 485 g/mol. The number of carbonyl (C=O) groups is 1. The molecule has 3 heterocycles. The molecule has 1 aliphatic heterocycles. The van der Waals surface area contributed by atoms with Crippen LogP contribution in [-0.2, 0) is 0 Å². The molecule has 1 fully saturated rings. The van der Waals surface area contributed by atoms with Crippen LogP contribution in [0.2, 0.25) is 0 Å². The Bertz CT molecular complexity index is 1420. The molecule has 2 aromatic carbocycles. The predicted molar refractivity (Wildman–Crippen MR) is 141 cm³/mol. The number of nitrogens with one attached hydrogen (secondary N) is 5. The van der Waals surface area contributed by atoms with Crippen LogP contribution in [0.1, 0.15) is 34.3 Å². The van der Waals surface area contributed by atoms with Crippen molar-refractivity contribution < 1.29 is 9.53 Å². The highest BCUT2D eigenvalue weighted by Gasteiger charge is 2.21. The minimum atomic E-state index is -0.262. The van der Waals surface area contributed by atoms with Crippen LogP contribution in [-0.4, -0.2) is 52.8 Å². The van der Waals surface area contributed by atoms with Crippen LogP contribution in [0.5, 0.6) is 5.75 Å². The number of piperidine rings is 1. The number of fused-ring (bicyclic) bond motifs is 1. The molecule has 1 aliphatic rings. The van der Waals surface area contributed by atoms with E-state index in [-0.39, 0.29) is 23.5 Å². The summed E-state index contributed by atoms with van der Waals surface area (Å²) < 4.78 is 5.55. The zero-order valence-corrected chi connectivity index (χ0v) is 19.9. The Labute approximate surface area is 208 Å². The molecule has 10 nitrogen and oxygen atoms in total. The first-order chi connectivity index (χ1) is 17.5. The molecule has 0 atom stereocenters. The van der Waals surface area contributed by atoms with E-state index in [1.165, 1.54) is 13.4 Å². The van der Waals surface area contributed by atoms with Crippen molar-refractivity contribution in [1.29, 1.82) is 5.41 Å². The van der Waals surface area contributed by atoms with Gasteiger partial charge in [-0.1, -0.05) is 12.1 Å². The maximum absolute atomic E-state index is 12.9. The third kappa shape index (κ3) is 4.71. The molecule has 10 heteroatoms. The van der Waals surface area contributed by atoms with Gasteiger partial charge in [-0.3, -0.25) is 10.2 Å². The molecule has 0 radical (unpaired) electrons. The number of nitrogens with zero attached hydrogens (tertiary/aromatic N) is 2. The van der Waals surface area contributed by atoms with E-state index in [0.29, 0.717) is 33.9 Å². The number of nitrogen functional groups attached to an aromatic ring is 1. The summed E-state index contributed by atoms with van der Waals surface area (Å²) in [5.74, 6) is 0.926. The molecule has 7 N–H and O–H groups in total. The number of rotatable bonds is 7. The molecule has 0 saturated carbocycles. The maximum Gasteiger partial charge on any atom is 0.255 e. The largest absolute Gasteiger partial charge is 0.495 e. The lowest BCUT2D eigenvalue weighted by atomic mass is 10.0. The summed E-state index contributed by atoms with van der Waals surface area (Å²) in [5.41, 5.74) is 9.26. The van der Waals surface area contributed by atoms with Gasteiger partial charge in [0, 0.05) is 28.9 Å². The van der Waals surface area contributed by atoms with Crippen LogP contribution in [0.4, 0.5) is 17.3 Å². The zero-order valence-electron chi connectivity index (χ0n) is 19.9. The van der Waals surface area contributed by atoms with Gasteiger partial charge in [0.25, 0.3) is 5.91 Å². The van der Waals surface area contributed by atoms with Gasteiger partial charge in [-0.2, -0.15) is 0 Å². The maximum atomic E-state index is 12.9. The second-order valence-electron chi connectivity index (χ2n) is 8.68. The van der Waals surface area contributed by atoms with Crippen molar-refractivity contribution in [3.63, 3.8) is 0 Å². The fourth-order valence-corrected chi connectivity index (χ4v) is 4.39. The number of aromatic amines is 1. The third-order valence-corrected chi connectivity index (χ3v) is 6.36. The molecule has 4 aromatic rings. The van der Waals surface area contributed by atoms with Gasteiger partial charge in [0.05, 0.1) is 24.1 Å². The summed E-state index contributed by atoms with van der Waals surface area (Å²) >= 11 is 0. The lowest BCUT2D eigenvalue weighted by Crippen LogP contribution is -2.36. The summed E-state index contributed by atoms with van der Waals surface area (Å²) in [4.78, 5) is 24.5. The van der Waals surface area contributed by atoms with Gasteiger partial charge in [0.2, 0.25) is 0 Å². The minimum Gasteiger partial charge on any atom is -0.495 e. The summed E-state index contributed by atoms with van der Waals surface area (Å²) in [7, 11) is 1.52. The van der Waals surface area contributed by atoms with Gasteiger partial charge in [-0.15, -0.1) is 0 Å². The highest BCUT2D eigenvalue weighted by Crippen LogP contribution is 2.30. The van der Waals surface area contributed by atoms with Gasteiger partial charge >= 0.3 is 0 Å². The third-order valence-electron chi connectivity index (χ3n) is 6.36. The van der Waals surface area contributed by atoms with Crippen LogP contribution >= 0.6 is 0 Å². The van der Waals surface area contributed by atoms with E-state index in [0.717, 1.165) is 36.8 Å². The minimum absolute atomic E-state index is 0.165. The van der Waals surface area contributed by atoms with Gasteiger partial charge < -0.3 is 31.4 Å². The number of amides is 1. The van der Waals surface area contributed by atoms with Gasteiger partial charge in [0.1, 0.15) is 23.7 Å². The molecule has 0 aliphatic carbocycles. The van der Waals surface area contributed by atoms with E-state index in [1.54, 1.807) is 30.3 Å². The molecular formula is C26H28N8O2. The quantitative estimate of drug-likeness (QED) is 0.220. The summed E-state index contributed by atoms with van der Waals surface area (Å²) in [6.45, 7) is 1.85. The van der Waals surface area contributed by atoms with E-state index >= 15 is 0 Å². The average Bonchev–Trinajstić information content (AvgIpc) is 3.37. The monoisotopic (exact) mass is 484 g/mol. The number of nitrogens with two attached hydrogens (primary N) is 1. The molecule has 0 bridgehead atoms. The van der Waals surface area contributed by atoms with Crippen LogP contribution in [0.15, 0.2) is 55.0 Å². The summed E-state index contributed by atoms with van der Waals surface area (Å²) in [5, 5.41) is 19.6. The lowest BCUT2D eigenvalue weighted by molar-refractivity contribution is 0.102. The first kappa shape index (κ1) is 23.3. The number of carbonyl (C=O) groups excluding carboxylic acids is 1. The van der Waals surface area contributed by atoms with E-state index in [1.807, 2.05) is 18.3 Å². The molecule has 2 aromatic heterocycles. The van der Waals surface area contributed by atoms with E-state index in [4.69, 9.17) is 15.9 Å². The Morgan fingerprint density at radius 3 is 2.72 bits per heavy atom. The van der Waals surface area contributed by atoms with E-state index in [2.05, 4.69) is 30.9 Å². The molecule has 36 heavy (non-hydrogen) atoms. The molecule has 1 saturated heterocycles. The number of anilines is 3. The zero-order chi connectivity index (χ0) is 25.1. The summed E-state index contributed by atoms with van der Waals surface area (Å²) in [6, 6.07) is 12.8. The second kappa shape index (κ2) is 10.0. The molecule has 1 amide bonds. The number of hydrogen-bond acceptors (Lipinski definition) is 8. The summed E-state index contributed by atoms with van der Waals surface area (Å²) in [6.07, 6.45) is 5.14. The molecule has 0 unspecified atom stereocenters. The van der Waals surface area contributed by atoms with Gasteiger partial charge in [-0.05, 0) is 61.6 Å². The Kier molecular flexibility index (Phi) is 6.50. The van der Waals surface area contributed by atoms with Crippen LogP contribution in [0.25, 0.3) is 10.9 Å². The van der Waals surface area contributed by atoms with Crippen molar-refractivity contribution >= 4 is 39.8 Å². The molecular weight excluding hydrogens is 456 g/mol. The van der Waals surface area contributed by atoms with Crippen molar-refractivity contribution in [2.24, 2.45) is 0 Å². The Morgan fingerprint density at radius 2 is 1.92 bits per heavy atom. The predicted octanol–water partition coefficient (Wildman–Crippen LogP) is 3.38. The standard InChI is InChI=1S/C26H28N8O2/c1-36-21-13-16(4-5-19(21)34-26(35)17-3-2-15-6-11-30-20(15)12-17)23(27)22-24(28)31-14-32-25(22)33-18-7-9-29-10-8-18/h2-6,11-14,18,27,29-30H,7-10H2,1H3,(H,34,35)(H3,28,31,32,33). The fourth-order valence-electron chi connectivity index (χ4n) is 4.39. The first-order valence-electron chi connectivity index (χ1n) is 11.8. The fraction of sp³-hybridized carbons (Fsp3) is 0.231. The van der Waals surface area contributed by atoms with Crippen molar-refractivity contribution in [2.45, 2.75) is 18.9 Å². The van der Waals surface area contributed by atoms with Crippen LogP contribution in [0.3, 0.4) is 0 Å². The number of methoxy groups -OCH3 is 1. The number of H-pyrrole nitrogens is 1. The van der Waals surface area contributed by atoms with Crippen LogP contribution in [0, 0.1) is 5.41 Å². The van der Waals surface area contributed by atoms with E-state index in [9.17, 15) is 4.79 Å². The highest BCUT2D eigenvalue weighted by atomic mass is 16.5. The number of ether oxygens (including phenoxy) is 1. The second-order valence-corrected chi connectivity index (χ2v) is 8.68. The number of aromatic nitrogens is 3. The first-order valence-corrected chi connectivity index (χ1v) is 11.8. The smallest absolute Gasteiger partial charge is 0.255 e. The lowest BCUT2D eigenvalue weighted by Gasteiger charge is -2.25. The molecule has 5 rings (SSSR count). The van der Waals surface area contributed by atoms with Crippen molar-refractivity contribution in [3.05, 3.63) is 71.7 Å². The van der Waals surface area contributed by atoms with E-state index < -0.39 is 0 Å². The van der Waals surface area contributed by atoms with Gasteiger partial charge in [0.15, 0.2) is 0 Å². The number of benzene rings is 2. The van der Waals surface area contributed by atoms with Crippen LogP contribution < -0.4 is 26.4 Å². The molecule has 0 spiro atoms. The Hall–Kier alpha value is -4.44. The van der Waals surface area contributed by atoms with Crippen molar-refractivity contribution in [3.8, 4) is 5.75 Å².